The molecule has 6 nitrogen and oxygen atoms in total. The van der Waals surface area contributed by atoms with Gasteiger partial charge in [-0.2, -0.15) is 0 Å². The van der Waals surface area contributed by atoms with E-state index in [1.54, 1.807) is 17.0 Å². The number of ether oxygens (including phenoxy) is 1. The lowest BCUT2D eigenvalue weighted by Gasteiger charge is -2.35. The molecule has 1 fully saturated rings. The molecule has 23 heavy (non-hydrogen) atoms. The van der Waals surface area contributed by atoms with Crippen LogP contribution in [0.1, 0.15) is 38.7 Å². The Morgan fingerprint density at radius 1 is 1.39 bits per heavy atom. The standard InChI is InChI=1S/C17H20N2O4/c1-11-8-12(2)18-16(11)17(21)19-5-7-22-10-13(19)9-14(20)15-4-3-6-23-15/h3-4,6,8,13,18H,5,7,9-10H2,1-2H3/t13-/m1/s1. The van der Waals surface area contributed by atoms with Crippen molar-refractivity contribution in [1.82, 2.24) is 9.88 Å². The summed E-state index contributed by atoms with van der Waals surface area (Å²) in [6, 6.07) is 4.98. The third kappa shape index (κ3) is 3.22. The molecule has 0 unspecified atom stereocenters. The molecule has 122 valence electrons. The number of aromatic amines is 1. The molecule has 1 atom stereocenters. The third-order valence-corrected chi connectivity index (χ3v) is 4.07. The number of nitrogens with zero attached hydrogens (tertiary/aromatic N) is 1. The summed E-state index contributed by atoms with van der Waals surface area (Å²) in [7, 11) is 0. The summed E-state index contributed by atoms with van der Waals surface area (Å²) in [5.41, 5.74) is 2.44. The van der Waals surface area contributed by atoms with E-state index in [2.05, 4.69) is 4.98 Å². The van der Waals surface area contributed by atoms with Crippen LogP contribution < -0.4 is 0 Å². The van der Waals surface area contributed by atoms with Crippen molar-refractivity contribution in [3.05, 3.63) is 47.2 Å². The molecule has 1 saturated heterocycles. The summed E-state index contributed by atoms with van der Waals surface area (Å²) in [5, 5.41) is 0. The lowest BCUT2D eigenvalue weighted by Crippen LogP contribution is -2.49. The number of amides is 1. The van der Waals surface area contributed by atoms with Gasteiger partial charge >= 0.3 is 0 Å². The second-order valence-electron chi connectivity index (χ2n) is 5.84. The first kappa shape index (κ1) is 15.6. The summed E-state index contributed by atoms with van der Waals surface area (Å²) >= 11 is 0. The molecule has 1 N–H and O–H groups in total. The minimum absolute atomic E-state index is 0.0869. The van der Waals surface area contributed by atoms with Gasteiger partial charge < -0.3 is 19.0 Å². The Balaban J connectivity index is 1.77. The summed E-state index contributed by atoms with van der Waals surface area (Å²) in [6.45, 7) is 5.14. The van der Waals surface area contributed by atoms with E-state index in [9.17, 15) is 9.59 Å². The zero-order valence-electron chi connectivity index (χ0n) is 13.3. The molecule has 1 aliphatic rings. The normalized spacial score (nSPS) is 18.2. The molecule has 0 bridgehead atoms. The Hall–Kier alpha value is -2.34. The molecule has 0 aliphatic carbocycles. The van der Waals surface area contributed by atoms with E-state index in [4.69, 9.17) is 9.15 Å². The SMILES string of the molecule is Cc1cc(C)c(C(=O)N2CCOC[C@H]2CC(=O)c2ccco2)[nH]1. The molecule has 3 rings (SSSR count). The van der Waals surface area contributed by atoms with Gasteiger partial charge in [0.25, 0.3) is 5.91 Å². The third-order valence-electron chi connectivity index (χ3n) is 4.07. The van der Waals surface area contributed by atoms with Gasteiger partial charge in [-0.25, -0.2) is 0 Å². The van der Waals surface area contributed by atoms with Gasteiger partial charge in [0, 0.05) is 18.7 Å². The van der Waals surface area contributed by atoms with Crippen molar-refractivity contribution in [3.63, 3.8) is 0 Å². The number of carbonyl (C=O) groups excluding carboxylic acids is 2. The quantitative estimate of drug-likeness (QED) is 0.879. The predicted octanol–water partition coefficient (Wildman–Crippen LogP) is 2.34. The topological polar surface area (TPSA) is 75.5 Å². The van der Waals surface area contributed by atoms with Gasteiger partial charge in [-0.05, 0) is 37.6 Å². The second-order valence-corrected chi connectivity index (χ2v) is 5.84. The van der Waals surface area contributed by atoms with Crippen LogP contribution in [-0.2, 0) is 4.74 Å². The van der Waals surface area contributed by atoms with E-state index < -0.39 is 0 Å². The molecule has 3 heterocycles. The molecule has 0 spiro atoms. The van der Waals surface area contributed by atoms with Gasteiger partial charge in [-0.1, -0.05) is 0 Å². The smallest absolute Gasteiger partial charge is 0.270 e. The maximum absolute atomic E-state index is 12.8. The molecule has 0 aromatic carbocycles. The number of hydrogen-bond donors (Lipinski definition) is 1. The monoisotopic (exact) mass is 316 g/mol. The van der Waals surface area contributed by atoms with E-state index in [0.717, 1.165) is 11.3 Å². The van der Waals surface area contributed by atoms with Crippen LogP contribution in [-0.4, -0.2) is 47.4 Å². The zero-order chi connectivity index (χ0) is 16.4. The number of rotatable bonds is 4. The van der Waals surface area contributed by atoms with Gasteiger partial charge in [-0.3, -0.25) is 9.59 Å². The van der Waals surface area contributed by atoms with Crippen LogP contribution in [0.3, 0.4) is 0 Å². The molecular weight excluding hydrogens is 296 g/mol. The summed E-state index contributed by atoms with van der Waals surface area (Å²) in [6.07, 6.45) is 1.66. The molecule has 6 heteroatoms. The molecule has 1 amide bonds. The number of Topliss-reactive ketones (excluding diaryl/α,β-unsaturated/α-hetero) is 1. The molecule has 0 saturated carbocycles. The van der Waals surface area contributed by atoms with E-state index in [1.807, 2.05) is 19.9 Å². The van der Waals surface area contributed by atoms with Crippen molar-refractivity contribution in [2.45, 2.75) is 26.3 Å². The first-order valence-electron chi connectivity index (χ1n) is 7.68. The Morgan fingerprint density at radius 2 is 2.22 bits per heavy atom. The van der Waals surface area contributed by atoms with Crippen LogP contribution in [0.25, 0.3) is 0 Å². The van der Waals surface area contributed by atoms with E-state index in [0.29, 0.717) is 31.2 Å². The van der Waals surface area contributed by atoms with Gasteiger partial charge in [0.15, 0.2) is 11.5 Å². The van der Waals surface area contributed by atoms with E-state index >= 15 is 0 Å². The van der Waals surface area contributed by atoms with Crippen molar-refractivity contribution in [2.75, 3.05) is 19.8 Å². The fraction of sp³-hybridized carbons (Fsp3) is 0.412. The van der Waals surface area contributed by atoms with Crippen LogP contribution in [0, 0.1) is 13.8 Å². The molecular formula is C17H20N2O4. The number of ketones is 1. The summed E-state index contributed by atoms with van der Waals surface area (Å²) in [4.78, 5) is 29.9. The molecule has 1 aliphatic heterocycles. The van der Waals surface area contributed by atoms with E-state index in [-0.39, 0.29) is 24.2 Å². The summed E-state index contributed by atoms with van der Waals surface area (Å²) < 4.78 is 10.6. The van der Waals surface area contributed by atoms with Gasteiger partial charge in [0.2, 0.25) is 0 Å². The van der Waals surface area contributed by atoms with Crippen molar-refractivity contribution < 1.29 is 18.7 Å². The van der Waals surface area contributed by atoms with Crippen LogP contribution in [0.4, 0.5) is 0 Å². The maximum Gasteiger partial charge on any atom is 0.270 e. The zero-order valence-corrected chi connectivity index (χ0v) is 13.3. The van der Waals surface area contributed by atoms with Crippen molar-refractivity contribution >= 4 is 11.7 Å². The van der Waals surface area contributed by atoms with Crippen molar-refractivity contribution in [2.24, 2.45) is 0 Å². The van der Waals surface area contributed by atoms with Gasteiger partial charge in [0.1, 0.15) is 5.69 Å². The van der Waals surface area contributed by atoms with Gasteiger partial charge in [0.05, 0.1) is 25.5 Å². The highest BCUT2D eigenvalue weighted by Crippen LogP contribution is 2.19. The second kappa shape index (κ2) is 6.42. The number of nitrogens with one attached hydrogen (secondary N) is 1. The number of morpholine rings is 1. The first-order chi connectivity index (χ1) is 11.1. The lowest BCUT2D eigenvalue weighted by molar-refractivity contribution is -0.00334. The Kier molecular flexibility index (Phi) is 4.34. The number of furan rings is 1. The Morgan fingerprint density at radius 3 is 2.87 bits per heavy atom. The number of aryl methyl sites for hydroxylation is 2. The fourth-order valence-electron chi connectivity index (χ4n) is 2.94. The average molecular weight is 316 g/mol. The molecule has 2 aromatic heterocycles. The predicted molar refractivity (Wildman–Crippen MR) is 83.6 cm³/mol. The first-order valence-corrected chi connectivity index (χ1v) is 7.68. The lowest BCUT2D eigenvalue weighted by atomic mass is 10.1. The highest BCUT2D eigenvalue weighted by Gasteiger charge is 2.31. The highest BCUT2D eigenvalue weighted by molar-refractivity contribution is 5.96. The fourth-order valence-corrected chi connectivity index (χ4v) is 2.94. The molecule has 0 radical (unpaired) electrons. The number of aromatic nitrogens is 1. The number of carbonyl (C=O) groups is 2. The Bertz CT molecular complexity index is 702. The Labute approximate surface area is 134 Å². The maximum atomic E-state index is 12.8. The minimum atomic E-state index is -0.281. The van der Waals surface area contributed by atoms with Crippen LogP contribution in [0.15, 0.2) is 28.9 Å². The van der Waals surface area contributed by atoms with Crippen LogP contribution in [0.5, 0.6) is 0 Å². The largest absolute Gasteiger partial charge is 0.461 e. The number of hydrogen-bond acceptors (Lipinski definition) is 4. The van der Waals surface area contributed by atoms with E-state index in [1.165, 1.54) is 6.26 Å². The van der Waals surface area contributed by atoms with Crippen molar-refractivity contribution in [3.8, 4) is 0 Å². The van der Waals surface area contributed by atoms with Crippen LogP contribution in [0.2, 0.25) is 0 Å². The highest BCUT2D eigenvalue weighted by atomic mass is 16.5. The molecule has 2 aromatic rings. The average Bonchev–Trinajstić information content (AvgIpc) is 3.17. The van der Waals surface area contributed by atoms with Crippen LogP contribution >= 0.6 is 0 Å². The summed E-state index contributed by atoms with van der Waals surface area (Å²) in [5.74, 6) is 0.105. The minimum Gasteiger partial charge on any atom is -0.461 e. The number of H-pyrrole nitrogens is 1. The van der Waals surface area contributed by atoms with Crippen molar-refractivity contribution in [1.29, 1.82) is 0 Å². The van der Waals surface area contributed by atoms with Gasteiger partial charge in [-0.15, -0.1) is 0 Å².